The first-order chi connectivity index (χ1) is 16.5. The summed E-state index contributed by atoms with van der Waals surface area (Å²) in [6, 6.07) is 13.4. The van der Waals surface area contributed by atoms with Crippen LogP contribution >= 0.6 is 0 Å². The van der Waals surface area contributed by atoms with Gasteiger partial charge in [0.1, 0.15) is 17.3 Å². The van der Waals surface area contributed by atoms with E-state index >= 15 is 0 Å². The van der Waals surface area contributed by atoms with Crippen molar-refractivity contribution in [2.75, 3.05) is 53.1 Å². The summed E-state index contributed by atoms with van der Waals surface area (Å²) in [5.41, 5.74) is 1.23. The van der Waals surface area contributed by atoms with Crippen LogP contribution in [0.15, 0.2) is 54.1 Å². The van der Waals surface area contributed by atoms with Crippen LogP contribution in [0.4, 0.5) is 0 Å². The average Bonchev–Trinajstić information content (AvgIpc) is 3.13. The molecule has 0 spiro atoms. The van der Waals surface area contributed by atoms with Crippen molar-refractivity contribution in [1.82, 2.24) is 9.80 Å². The summed E-state index contributed by atoms with van der Waals surface area (Å²) in [6.07, 6.45) is 0. The van der Waals surface area contributed by atoms with Crippen molar-refractivity contribution in [1.29, 1.82) is 0 Å². The lowest BCUT2D eigenvalue weighted by Gasteiger charge is -2.31. The van der Waals surface area contributed by atoms with Crippen molar-refractivity contribution >= 4 is 17.4 Å². The number of Topliss-reactive ketones (excluding diaryl/α,β-unsaturated/α-hetero) is 1. The first-order valence-corrected chi connectivity index (χ1v) is 11.5. The highest BCUT2D eigenvalue weighted by Crippen LogP contribution is 2.40. The van der Waals surface area contributed by atoms with E-state index in [1.165, 1.54) is 0 Å². The number of methoxy groups -OCH3 is 1. The molecular formula is C26H30N2O6. The van der Waals surface area contributed by atoms with Gasteiger partial charge < -0.3 is 24.2 Å². The Kier molecular flexibility index (Phi) is 7.49. The van der Waals surface area contributed by atoms with Gasteiger partial charge in [-0.15, -0.1) is 0 Å². The molecule has 34 heavy (non-hydrogen) atoms. The standard InChI is InChI=1S/C26H30N2O6/c1-3-34-21-6-4-5-19(17-21)23-22(24(29)18-7-9-20(32-2)10-8-18)25(30)26(31)28(23)12-11-27-13-15-33-16-14-27/h4-10,17,23,29H,3,11-16H2,1-2H3/t23-/m1/s1. The maximum Gasteiger partial charge on any atom is 0.295 e. The highest BCUT2D eigenvalue weighted by molar-refractivity contribution is 6.46. The number of likely N-dealkylation sites (tertiary alicyclic amines) is 1. The Balaban J connectivity index is 1.74. The molecule has 0 aromatic heterocycles. The number of hydrogen-bond acceptors (Lipinski definition) is 7. The lowest BCUT2D eigenvalue weighted by atomic mass is 9.95. The first-order valence-electron chi connectivity index (χ1n) is 11.5. The number of carbonyl (C=O) groups is 2. The van der Waals surface area contributed by atoms with Crippen LogP contribution in [0.2, 0.25) is 0 Å². The molecule has 2 fully saturated rings. The zero-order chi connectivity index (χ0) is 24.1. The number of carbonyl (C=O) groups excluding carboxylic acids is 2. The van der Waals surface area contributed by atoms with Gasteiger partial charge in [0, 0.05) is 31.7 Å². The Morgan fingerprint density at radius 2 is 1.79 bits per heavy atom. The van der Waals surface area contributed by atoms with Gasteiger partial charge in [-0.2, -0.15) is 0 Å². The fraction of sp³-hybridized carbons (Fsp3) is 0.385. The van der Waals surface area contributed by atoms with E-state index in [0.29, 0.717) is 55.5 Å². The highest BCUT2D eigenvalue weighted by Gasteiger charge is 2.46. The van der Waals surface area contributed by atoms with Gasteiger partial charge in [0.05, 0.1) is 38.5 Å². The van der Waals surface area contributed by atoms with Crippen LogP contribution in [-0.2, 0) is 14.3 Å². The third kappa shape index (κ3) is 4.93. The van der Waals surface area contributed by atoms with Crippen LogP contribution in [-0.4, -0.2) is 79.7 Å². The molecule has 180 valence electrons. The van der Waals surface area contributed by atoms with Crippen LogP contribution in [0, 0.1) is 0 Å². The molecule has 2 heterocycles. The summed E-state index contributed by atoms with van der Waals surface area (Å²) in [5.74, 6) is -0.245. The van der Waals surface area contributed by atoms with Gasteiger partial charge >= 0.3 is 0 Å². The Morgan fingerprint density at radius 3 is 2.47 bits per heavy atom. The van der Waals surface area contributed by atoms with Gasteiger partial charge in [-0.3, -0.25) is 14.5 Å². The van der Waals surface area contributed by atoms with Gasteiger partial charge in [-0.1, -0.05) is 12.1 Å². The minimum Gasteiger partial charge on any atom is -0.507 e. The normalized spacial score (nSPS) is 20.5. The molecule has 0 radical (unpaired) electrons. The number of aliphatic hydroxyl groups is 1. The first kappa shape index (κ1) is 23.8. The molecule has 0 bridgehead atoms. The lowest BCUT2D eigenvalue weighted by molar-refractivity contribution is -0.140. The number of hydrogen-bond donors (Lipinski definition) is 1. The second-order valence-corrected chi connectivity index (χ2v) is 8.18. The third-order valence-corrected chi connectivity index (χ3v) is 6.15. The minimum absolute atomic E-state index is 0.0748. The van der Waals surface area contributed by atoms with E-state index in [2.05, 4.69) is 4.90 Å². The summed E-state index contributed by atoms with van der Waals surface area (Å²) in [7, 11) is 1.56. The van der Waals surface area contributed by atoms with Crippen LogP contribution in [0.5, 0.6) is 11.5 Å². The lowest BCUT2D eigenvalue weighted by Crippen LogP contribution is -2.42. The fourth-order valence-corrected chi connectivity index (χ4v) is 4.38. The topological polar surface area (TPSA) is 88.5 Å². The Morgan fingerprint density at radius 1 is 1.06 bits per heavy atom. The van der Waals surface area contributed by atoms with E-state index in [-0.39, 0.29) is 11.3 Å². The van der Waals surface area contributed by atoms with E-state index in [0.717, 1.165) is 13.1 Å². The molecule has 1 atom stereocenters. The number of aliphatic hydroxyl groups excluding tert-OH is 1. The number of ether oxygens (including phenoxy) is 3. The molecule has 0 unspecified atom stereocenters. The maximum atomic E-state index is 13.2. The molecule has 1 amide bonds. The number of amides is 1. The second kappa shape index (κ2) is 10.7. The molecule has 8 nitrogen and oxygen atoms in total. The average molecular weight is 467 g/mol. The van der Waals surface area contributed by atoms with Gasteiger partial charge in [0.15, 0.2) is 0 Å². The molecule has 0 saturated carbocycles. The van der Waals surface area contributed by atoms with Gasteiger partial charge in [-0.25, -0.2) is 0 Å². The minimum atomic E-state index is -0.719. The number of rotatable bonds is 8. The molecule has 2 aliphatic rings. The van der Waals surface area contributed by atoms with Crippen LogP contribution < -0.4 is 9.47 Å². The van der Waals surface area contributed by atoms with Gasteiger partial charge in [-0.05, 0) is 48.9 Å². The van der Waals surface area contributed by atoms with Crippen molar-refractivity contribution in [3.63, 3.8) is 0 Å². The van der Waals surface area contributed by atoms with Crippen molar-refractivity contribution in [2.45, 2.75) is 13.0 Å². The monoisotopic (exact) mass is 466 g/mol. The van der Waals surface area contributed by atoms with Crippen LogP contribution in [0.25, 0.3) is 5.76 Å². The van der Waals surface area contributed by atoms with E-state index in [1.54, 1.807) is 36.3 Å². The van der Waals surface area contributed by atoms with Crippen LogP contribution in [0.1, 0.15) is 24.1 Å². The second-order valence-electron chi connectivity index (χ2n) is 8.18. The summed E-state index contributed by atoms with van der Waals surface area (Å²) in [5, 5.41) is 11.2. The van der Waals surface area contributed by atoms with E-state index < -0.39 is 17.7 Å². The zero-order valence-electron chi connectivity index (χ0n) is 19.5. The molecule has 0 aliphatic carbocycles. The molecule has 2 saturated heterocycles. The predicted octanol–water partition coefficient (Wildman–Crippen LogP) is 2.85. The number of benzene rings is 2. The number of morpholine rings is 1. The van der Waals surface area contributed by atoms with E-state index in [4.69, 9.17) is 14.2 Å². The van der Waals surface area contributed by atoms with Crippen molar-refractivity contribution in [3.8, 4) is 11.5 Å². The summed E-state index contributed by atoms with van der Waals surface area (Å²) < 4.78 is 16.3. The number of ketones is 1. The largest absolute Gasteiger partial charge is 0.507 e. The zero-order valence-corrected chi connectivity index (χ0v) is 19.5. The van der Waals surface area contributed by atoms with Crippen molar-refractivity contribution in [3.05, 3.63) is 65.2 Å². The molecular weight excluding hydrogens is 436 g/mol. The van der Waals surface area contributed by atoms with E-state index in [9.17, 15) is 14.7 Å². The summed E-state index contributed by atoms with van der Waals surface area (Å²) in [6.45, 7) is 6.21. The maximum absolute atomic E-state index is 13.2. The molecule has 8 heteroatoms. The molecule has 4 rings (SSSR count). The van der Waals surface area contributed by atoms with Gasteiger partial charge in [0.2, 0.25) is 0 Å². The quantitative estimate of drug-likeness (QED) is 0.364. The predicted molar refractivity (Wildman–Crippen MR) is 127 cm³/mol. The van der Waals surface area contributed by atoms with E-state index in [1.807, 2.05) is 31.2 Å². The van der Waals surface area contributed by atoms with Crippen molar-refractivity contribution < 1.29 is 28.9 Å². The van der Waals surface area contributed by atoms with Crippen molar-refractivity contribution in [2.24, 2.45) is 0 Å². The fourth-order valence-electron chi connectivity index (χ4n) is 4.38. The highest BCUT2D eigenvalue weighted by atomic mass is 16.5. The molecule has 1 N–H and O–H groups in total. The Labute approximate surface area is 199 Å². The van der Waals surface area contributed by atoms with Gasteiger partial charge in [0.25, 0.3) is 11.7 Å². The van der Waals surface area contributed by atoms with Crippen LogP contribution in [0.3, 0.4) is 0 Å². The Bertz CT molecular complexity index is 1060. The third-order valence-electron chi connectivity index (χ3n) is 6.15. The smallest absolute Gasteiger partial charge is 0.295 e. The summed E-state index contributed by atoms with van der Waals surface area (Å²) in [4.78, 5) is 30.1. The molecule has 2 aliphatic heterocycles. The molecule has 2 aromatic carbocycles. The Hall–Kier alpha value is -3.36. The summed E-state index contributed by atoms with van der Waals surface area (Å²) >= 11 is 0. The SMILES string of the molecule is CCOc1cccc([C@@H]2C(=C(O)c3ccc(OC)cc3)C(=O)C(=O)N2CCN2CCOCC2)c1. The number of nitrogens with zero attached hydrogens (tertiary/aromatic N) is 2. The molecule has 2 aromatic rings.